The van der Waals surface area contributed by atoms with Gasteiger partial charge >= 0.3 is 0 Å². The molecule has 1 N–H and O–H groups in total. The van der Waals surface area contributed by atoms with Gasteiger partial charge in [-0.2, -0.15) is 0 Å². The van der Waals surface area contributed by atoms with Gasteiger partial charge in [0.15, 0.2) is 0 Å². The van der Waals surface area contributed by atoms with Crippen LogP contribution < -0.4 is 5.32 Å². The van der Waals surface area contributed by atoms with Gasteiger partial charge in [0.1, 0.15) is 0 Å². The van der Waals surface area contributed by atoms with E-state index in [1.165, 1.54) is 38.5 Å². The Hall–Kier alpha value is -0.160. The molecule has 1 saturated carbocycles. The first-order chi connectivity index (χ1) is 9.38. The van der Waals surface area contributed by atoms with E-state index in [0.29, 0.717) is 25.4 Å². The van der Waals surface area contributed by atoms with E-state index in [-0.39, 0.29) is 0 Å². The minimum atomic E-state index is 0.379. The fourth-order valence-electron chi connectivity index (χ4n) is 2.62. The van der Waals surface area contributed by atoms with E-state index in [9.17, 15) is 0 Å². The molecule has 1 aliphatic rings. The number of ether oxygens (including phenoxy) is 3. The summed E-state index contributed by atoms with van der Waals surface area (Å²) in [6, 6.07) is 0.523. The van der Waals surface area contributed by atoms with Crippen molar-refractivity contribution in [2.75, 3.05) is 40.6 Å². The third kappa shape index (κ3) is 7.88. The zero-order valence-electron chi connectivity index (χ0n) is 12.7. The number of likely N-dealkylation sites (N-methyl/N-ethyl adjacent to an activating group) is 1. The van der Waals surface area contributed by atoms with Crippen LogP contribution in [-0.4, -0.2) is 52.7 Å². The van der Waals surface area contributed by atoms with Gasteiger partial charge in [0.25, 0.3) is 0 Å². The Morgan fingerprint density at radius 2 is 1.74 bits per heavy atom. The van der Waals surface area contributed by atoms with Gasteiger partial charge in [-0.3, -0.25) is 0 Å². The maximum absolute atomic E-state index is 6.05. The van der Waals surface area contributed by atoms with Crippen LogP contribution in [0.2, 0.25) is 0 Å². The van der Waals surface area contributed by atoms with Crippen molar-refractivity contribution in [3.63, 3.8) is 0 Å². The predicted molar refractivity (Wildman–Crippen MR) is 77.6 cm³/mol. The molecule has 0 aromatic carbocycles. The topological polar surface area (TPSA) is 39.7 Å². The summed E-state index contributed by atoms with van der Waals surface area (Å²) in [4.78, 5) is 0. The zero-order valence-corrected chi connectivity index (χ0v) is 12.7. The third-order valence-electron chi connectivity index (χ3n) is 3.77. The molecule has 0 amide bonds. The van der Waals surface area contributed by atoms with Crippen LogP contribution in [0.5, 0.6) is 0 Å². The van der Waals surface area contributed by atoms with Crippen LogP contribution in [0.3, 0.4) is 0 Å². The highest BCUT2D eigenvalue weighted by atomic mass is 16.5. The van der Waals surface area contributed by atoms with Gasteiger partial charge in [0, 0.05) is 26.4 Å². The first kappa shape index (κ1) is 16.9. The van der Waals surface area contributed by atoms with Crippen molar-refractivity contribution in [3.8, 4) is 0 Å². The van der Waals surface area contributed by atoms with Crippen molar-refractivity contribution >= 4 is 0 Å². The first-order valence-electron chi connectivity index (χ1n) is 7.74. The molecule has 0 heterocycles. The zero-order chi connectivity index (χ0) is 13.8. The van der Waals surface area contributed by atoms with Gasteiger partial charge in [-0.15, -0.1) is 0 Å². The minimum Gasteiger partial charge on any atom is -0.382 e. The Morgan fingerprint density at radius 1 is 0.947 bits per heavy atom. The molecule has 1 fully saturated rings. The molecule has 4 heteroatoms. The van der Waals surface area contributed by atoms with E-state index in [1.807, 2.05) is 0 Å². The number of methoxy groups -OCH3 is 1. The summed E-state index contributed by atoms with van der Waals surface area (Å²) >= 11 is 0. The summed E-state index contributed by atoms with van der Waals surface area (Å²) in [5.41, 5.74) is 0. The Morgan fingerprint density at radius 3 is 2.47 bits per heavy atom. The van der Waals surface area contributed by atoms with Crippen LogP contribution in [0.25, 0.3) is 0 Å². The van der Waals surface area contributed by atoms with Crippen LogP contribution in [0.4, 0.5) is 0 Å². The molecule has 114 valence electrons. The highest BCUT2D eigenvalue weighted by Crippen LogP contribution is 2.20. The summed E-state index contributed by atoms with van der Waals surface area (Å²) in [5, 5.41) is 3.42. The monoisotopic (exact) mass is 273 g/mol. The first-order valence-corrected chi connectivity index (χ1v) is 7.74. The second-order valence-electron chi connectivity index (χ2n) is 5.25. The molecule has 2 unspecified atom stereocenters. The summed E-state index contributed by atoms with van der Waals surface area (Å²) in [5.74, 6) is 0. The standard InChI is InChI=1S/C15H31NO3/c1-16-14-8-5-3-4-6-9-15(14)19-11-7-10-18-13-12-17-2/h14-16H,3-13H2,1-2H3. The van der Waals surface area contributed by atoms with Crippen LogP contribution >= 0.6 is 0 Å². The van der Waals surface area contributed by atoms with E-state index in [4.69, 9.17) is 14.2 Å². The molecule has 0 aliphatic heterocycles. The number of rotatable bonds is 9. The van der Waals surface area contributed by atoms with Gasteiger partial charge in [-0.25, -0.2) is 0 Å². The second kappa shape index (κ2) is 11.6. The lowest BCUT2D eigenvalue weighted by Crippen LogP contribution is -2.40. The molecule has 1 aliphatic carbocycles. The molecular formula is C15H31NO3. The van der Waals surface area contributed by atoms with Crippen LogP contribution in [0, 0.1) is 0 Å². The largest absolute Gasteiger partial charge is 0.382 e. The molecule has 4 nitrogen and oxygen atoms in total. The van der Waals surface area contributed by atoms with Crippen molar-refractivity contribution in [1.82, 2.24) is 5.32 Å². The maximum atomic E-state index is 6.05. The van der Waals surface area contributed by atoms with Crippen LogP contribution in [0.1, 0.15) is 44.9 Å². The molecular weight excluding hydrogens is 242 g/mol. The number of nitrogens with one attached hydrogen (secondary N) is 1. The predicted octanol–water partition coefficient (Wildman–Crippen LogP) is 2.37. The van der Waals surface area contributed by atoms with Crippen molar-refractivity contribution in [2.24, 2.45) is 0 Å². The Kier molecular flexibility index (Phi) is 10.4. The molecule has 2 atom stereocenters. The molecule has 0 aromatic rings. The Balaban J connectivity index is 2.10. The molecule has 0 bridgehead atoms. The van der Waals surface area contributed by atoms with E-state index in [2.05, 4.69) is 12.4 Å². The fourth-order valence-corrected chi connectivity index (χ4v) is 2.62. The molecule has 1 rings (SSSR count). The molecule has 0 saturated heterocycles. The highest BCUT2D eigenvalue weighted by Gasteiger charge is 2.21. The lowest BCUT2D eigenvalue weighted by atomic mass is 9.94. The minimum absolute atomic E-state index is 0.379. The van der Waals surface area contributed by atoms with Crippen molar-refractivity contribution in [2.45, 2.75) is 57.1 Å². The maximum Gasteiger partial charge on any atom is 0.0727 e. The number of hydrogen-bond donors (Lipinski definition) is 1. The van der Waals surface area contributed by atoms with Gasteiger partial charge in [-0.05, 0) is 26.3 Å². The van der Waals surface area contributed by atoms with Crippen LogP contribution in [0.15, 0.2) is 0 Å². The Bertz CT molecular complexity index is 202. The second-order valence-corrected chi connectivity index (χ2v) is 5.25. The van der Waals surface area contributed by atoms with Crippen molar-refractivity contribution in [3.05, 3.63) is 0 Å². The highest BCUT2D eigenvalue weighted by molar-refractivity contribution is 4.78. The van der Waals surface area contributed by atoms with E-state index < -0.39 is 0 Å². The van der Waals surface area contributed by atoms with E-state index in [0.717, 1.165) is 19.6 Å². The Labute approximate surface area is 118 Å². The van der Waals surface area contributed by atoms with Gasteiger partial charge in [0.2, 0.25) is 0 Å². The van der Waals surface area contributed by atoms with E-state index in [1.54, 1.807) is 7.11 Å². The molecule has 19 heavy (non-hydrogen) atoms. The quantitative estimate of drug-likeness (QED) is 0.655. The van der Waals surface area contributed by atoms with Gasteiger partial charge in [0.05, 0.1) is 19.3 Å². The van der Waals surface area contributed by atoms with Crippen molar-refractivity contribution < 1.29 is 14.2 Å². The average molecular weight is 273 g/mol. The summed E-state index contributed by atoms with van der Waals surface area (Å²) in [7, 11) is 3.75. The van der Waals surface area contributed by atoms with Gasteiger partial charge < -0.3 is 19.5 Å². The normalized spacial score (nSPS) is 24.9. The van der Waals surface area contributed by atoms with Crippen molar-refractivity contribution in [1.29, 1.82) is 0 Å². The summed E-state index contributed by atoms with van der Waals surface area (Å²) in [6.07, 6.45) is 9.13. The molecule has 0 spiro atoms. The SMILES string of the molecule is CNC1CCCCCCC1OCCCOCCOC. The molecule has 0 radical (unpaired) electrons. The summed E-state index contributed by atoms with van der Waals surface area (Å²) < 4.78 is 16.4. The third-order valence-corrected chi connectivity index (χ3v) is 3.77. The number of hydrogen-bond acceptors (Lipinski definition) is 4. The lowest BCUT2D eigenvalue weighted by Gasteiger charge is -2.29. The molecule has 0 aromatic heterocycles. The van der Waals surface area contributed by atoms with E-state index >= 15 is 0 Å². The summed E-state index contributed by atoms with van der Waals surface area (Å²) in [6.45, 7) is 2.92. The smallest absolute Gasteiger partial charge is 0.0727 e. The van der Waals surface area contributed by atoms with Gasteiger partial charge in [-0.1, -0.05) is 25.7 Å². The van der Waals surface area contributed by atoms with Crippen LogP contribution in [-0.2, 0) is 14.2 Å². The average Bonchev–Trinajstić information content (AvgIpc) is 2.40. The fraction of sp³-hybridized carbons (Fsp3) is 1.00. The lowest BCUT2D eigenvalue weighted by molar-refractivity contribution is -0.000937.